The van der Waals surface area contributed by atoms with Crippen molar-refractivity contribution in [2.45, 2.75) is 32.1 Å². The van der Waals surface area contributed by atoms with E-state index in [1.54, 1.807) is 24.3 Å². The van der Waals surface area contributed by atoms with E-state index in [0.29, 0.717) is 17.8 Å². The zero-order valence-corrected chi connectivity index (χ0v) is 15.6. The summed E-state index contributed by atoms with van der Waals surface area (Å²) in [6.45, 7) is 1.67. The van der Waals surface area contributed by atoms with Gasteiger partial charge in [0.1, 0.15) is 0 Å². The van der Waals surface area contributed by atoms with E-state index in [1.807, 2.05) is 14.1 Å². The highest BCUT2D eigenvalue weighted by molar-refractivity contribution is 5.92. The Morgan fingerprint density at radius 3 is 2.19 bits per heavy atom. The summed E-state index contributed by atoms with van der Waals surface area (Å²) in [7, 11) is 4.04. The lowest BCUT2D eigenvalue weighted by molar-refractivity contribution is -0.128. The van der Waals surface area contributed by atoms with Crippen LogP contribution in [0.2, 0.25) is 0 Å². The van der Waals surface area contributed by atoms with Gasteiger partial charge in [-0.15, -0.1) is 0 Å². The number of hydrogen-bond donors (Lipinski definition) is 2. The van der Waals surface area contributed by atoms with Gasteiger partial charge in [0.15, 0.2) is 0 Å². The first kappa shape index (κ1) is 19.9. The van der Waals surface area contributed by atoms with Crippen LogP contribution in [0.25, 0.3) is 0 Å². The van der Waals surface area contributed by atoms with Gasteiger partial charge in [-0.05, 0) is 77.0 Å². The topological polar surface area (TPSA) is 85.2 Å². The third kappa shape index (κ3) is 6.16. The molecule has 2 rings (SSSR count). The Morgan fingerprint density at radius 1 is 1.08 bits per heavy atom. The van der Waals surface area contributed by atoms with Crippen molar-refractivity contribution in [3.8, 4) is 6.07 Å². The molecule has 0 aromatic heterocycles. The number of carbonyl (C=O) groups is 2. The molecule has 0 atom stereocenters. The summed E-state index contributed by atoms with van der Waals surface area (Å²) in [6, 6.07) is 8.91. The van der Waals surface area contributed by atoms with Crippen molar-refractivity contribution in [3.05, 3.63) is 29.8 Å². The molecule has 6 nitrogen and oxygen atoms in total. The minimum atomic E-state index is -0.0524. The molecule has 0 heterocycles. The Morgan fingerprint density at radius 2 is 1.65 bits per heavy atom. The number of nitriles is 1. The predicted molar refractivity (Wildman–Crippen MR) is 101 cm³/mol. The molecule has 0 bridgehead atoms. The number of anilines is 1. The highest BCUT2D eigenvalue weighted by atomic mass is 16.2. The van der Waals surface area contributed by atoms with Gasteiger partial charge in [-0.2, -0.15) is 5.26 Å². The van der Waals surface area contributed by atoms with Gasteiger partial charge >= 0.3 is 0 Å². The van der Waals surface area contributed by atoms with E-state index in [0.717, 1.165) is 38.6 Å². The van der Waals surface area contributed by atoms with Gasteiger partial charge in [-0.1, -0.05) is 0 Å². The van der Waals surface area contributed by atoms with Crippen LogP contribution in [0.3, 0.4) is 0 Å². The Balaban J connectivity index is 1.72. The maximum atomic E-state index is 12.4. The van der Waals surface area contributed by atoms with Crippen LogP contribution in [0.4, 0.5) is 5.69 Å². The fourth-order valence-electron chi connectivity index (χ4n) is 3.24. The molecule has 1 saturated carbocycles. The smallest absolute Gasteiger partial charge is 0.227 e. The highest BCUT2D eigenvalue weighted by Gasteiger charge is 2.29. The van der Waals surface area contributed by atoms with Crippen molar-refractivity contribution in [1.82, 2.24) is 10.2 Å². The fraction of sp³-hybridized carbons (Fsp3) is 0.550. The van der Waals surface area contributed by atoms with Crippen LogP contribution in [0.5, 0.6) is 0 Å². The molecule has 1 fully saturated rings. The summed E-state index contributed by atoms with van der Waals surface area (Å²) in [4.78, 5) is 26.7. The molecule has 1 aliphatic rings. The number of rotatable bonds is 7. The molecule has 1 aromatic rings. The third-order valence-corrected chi connectivity index (χ3v) is 4.83. The van der Waals surface area contributed by atoms with Gasteiger partial charge in [0.2, 0.25) is 11.8 Å². The Hall–Kier alpha value is -2.39. The monoisotopic (exact) mass is 356 g/mol. The van der Waals surface area contributed by atoms with Crippen molar-refractivity contribution in [2.24, 2.45) is 11.8 Å². The molecule has 26 heavy (non-hydrogen) atoms. The number of amides is 2. The van der Waals surface area contributed by atoms with Gasteiger partial charge in [0, 0.05) is 24.1 Å². The number of benzene rings is 1. The Bertz CT molecular complexity index is 641. The molecule has 0 aliphatic heterocycles. The second kappa shape index (κ2) is 9.93. The van der Waals surface area contributed by atoms with Gasteiger partial charge in [-0.3, -0.25) is 9.59 Å². The molecule has 0 spiro atoms. The van der Waals surface area contributed by atoms with Crippen molar-refractivity contribution in [1.29, 1.82) is 5.26 Å². The zero-order chi connectivity index (χ0) is 18.9. The average Bonchev–Trinajstić information content (AvgIpc) is 2.65. The Kier molecular flexibility index (Phi) is 7.61. The van der Waals surface area contributed by atoms with E-state index in [1.165, 1.54) is 0 Å². The molecule has 0 radical (unpaired) electrons. The average molecular weight is 356 g/mol. The summed E-state index contributed by atoms with van der Waals surface area (Å²) in [5, 5.41) is 14.7. The lowest BCUT2D eigenvalue weighted by Gasteiger charge is -2.27. The first-order valence-corrected chi connectivity index (χ1v) is 9.23. The molecule has 2 amide bonds. The lowest BCUT2D eigenvalue weighted by Crippen LogP contribution is -2.36. The van der Waals surface area contributed by atoms with Gasteiger partial charge in [-0.25, -0.2) is 0 Å². The van der Waals surface area contributed by atoms with Crippen LogP contribution in [-0.2, 0) is 9.59 Å². The lowest BCUT2D eigenvalue weighted by atomic mass is 9.81. The van der Waals surface area contributed by atoms with Gasteiger partial charge in [0.05, 0.1) is 11.6 Å². The van der Waals surface area contributed by atoms with Gasteiger partial charge in [0.25, 0.3) is 0 Å². The molecule has 2 N–H and O–H groups in total. The minimum absolute atomic E-state index is 0.000418. The first-order chi connectivity index (χ1) is 12.5. The summed E-state index contributed by atoms with van der Waals surface area (Å²) in [6.07, 6.45) is 3.92. The van der Waals surface area contributed by atoms with Crippen molar-refractivity contribution < 1.29 is 9.59 Å². The standard InChI is InChI=1S/C20H28N4O2/c1-24(2)13-3-12-22-19(25)16-6-8-17(9-7-16)20(26)23-18-10-4-15(14-21)5-11-18/h4-5,10-11,16-17H,3,6-9,12-13H2,1-2H3,(H,22,25)(H,23,26). The molecular formula is C20H28N4O2. The molecule has 0 unspecified atom stereocenters. The number of nitrogens with one attached hydrogen (secondary N) is 2. The molecular weight excluding hydrogens is 328 g/mol. The minimum Gasteiger partial charge on any atom is -0.356 e. The Labute approximate surface area is 155 Å². The quantitative estimate of drug-likeness (QED) is 0.735. The third-order valence-electron chi connectivity index (χ3n) is 4.83. The molecule has 1 aromatic carbocycles. The number of hydrogen-bond acceptors (Lipinski definition) is 4. The second-order valence-electron chi connectivity index (χ2n) is 7.17. The highest BCUT2D eigenvalue weighted by Crippen LogP contribution is 2.29. The van der Waals surface area contributed by atoms with Gasteiger partial charge < -0.3 is 15.5 Å². The first-order valence-electron chi connectivity index (χ1n) is 9.23. The van der Waals surface area contributed by atoms with E-state index in [-0.39, 0.29) is 23.7 Å². The van der Waals surface area contributed by atoms with Crippen LogP contribution in [0.15, 0.2) is 24.3 Å². The summed E-state index contributed by atoms with van der Waals surface area (Å²) < 4.78 is 0. The van der Waals surface area contributed by atoms with Crippen LogP contribution in [-0.4, -0.2) is 43.9 Å². The van der Waals surface area contributed by atoms with Crippen molar-refractivity contribution in [2.75, 3.05) is 32.5 Å². The fourth-order valence-corrected chi connectivity index (χ4v) is 3.24. The zero-order valence-electron chi connectivity index (χ0n) is 15.6. The van der Waals surface area contributed by atoms with Crippen LogP contribution in [0.1, 0.15) is 37.7 Å². The number of nitrogens with zero attached hydrogens (tertiary/aromatic N) is 2. The van der Waals surface area contributed by atoms with E-state index in [2.05, 4.69) is 21.6 Å². The van der Waals surface area contributed by atoms with Crippen LogP contribution in [0, 0.1) is 23.2 Å². The van der Waals surface area contributed by atoms with Crippen molar-refractivity contribution >= 4 is 17.5 Å². The molecule has 6 heteroatoms. The largest absolute Gasteiger partial charge is 0.356 e. The van der Waals surface area contributed by atoms with E-state index >= 15 is 0 Å². The summed E-state index contributed by atoms with van der Waals surface area (Å²) in [5.41, 5.74) is 1.27. The maximum absolute atomic E-state index is 12.4. The van der Waals surface area contributed by atoms with E-state index in [9.17, 15) is 9.59 Å². The van der Waals surface area contributed by atoms with Crippen molar-refractivity contribution in [3.63, 3.8) is 0 Å². The SMILES string of the molecule is CN(C)CCCNC(=O)C1CCC(C(=O)Nc2ccc(C#N)cc2)CC1. The predicted octanol–water partition coefficient (Wildman–Crippen LogP) is 2.37. The maximum Gasteiger partial charge on any atom is 0.227 e. The van der Waals surface area contributed by atoms with Crippen LogP contribution < -0.4 is 10.6 Å². The summed E-state index contributed by atoms with van der Waals surface area (Å²) >= 11 is 0. The van der Waals surface area contributed by atoms with Crippen LogP contribution >= 0.6 is 0 Å². The molecule has 1 aliphatic carbocycles. The number of carbonyl (C=O) groups excluding carboxylic acids is 2. The van der Waals surface area contributed by atoms with E-state index < -0.39 is 0 Å². The molecule has 140 valence electrons. The second-order valence-corrected chi connectivity index (χ2v) is 7.17. The summed E-state index contributed by atoms with van der Waals surface area (Å²) in [5.74, 6) is 0.0889. The van der Waals surface area contributed by atoms with E-state index in [4.69, 9.17) is 5.26 Å². The molecule has 0 saturated heterocycles. The normalized spacial score (nSPS) is 19.6.